The SMILES string of the molecule is O=C1COc2ccc(CCCN3CCN(I)CC3)cc2N1. The van der Waals surface area contributed by atoms with Crippen LogP contribution >= 0.6 is 22.9 Å². The summed E-state index contributed by atoms with van der Waals surface area (Å²) in [5.74, 6) is 0.702. The van der Waals surface area contributed by atoms with E-state index in [-0.39, 0.29) is 12.5 Å². The number of carbonyl (C=O) groups excluding carboxylic acids is 1. The minimum atomic E-state index is -0.0729. The van der Waals surface area contributed by atoms with Crippen LogP contribution in [0.1, 0.15) is 12.0 Å². The Morgan fingerprint density at radius 3 is 2.86 bits per heavy atom. The van der Waals surface area contributed by atoms with Gasteiger partial charge in [-0.15, -0.1) is 0 Å². The first kappa shape index (κ1) is 15.1. The smallest absolute Gasteiger partial charge is 0.262 e. The predicted octanol–water partition coefficient (Wildman–Crippen LogP) is 1.92. The standard InChI is InChI=1S/C15H20IN3O2/c16-19-8-6-18(7-9-19)5-1-2-12-3-4-14-13(10-12)17-15(20)11-21-14/h3-4,10H,1-2,5-9,11H2,(H,17,20). The van der Waals surface area contributed by atoms with Gasteiger partial charge in [0, 0.05) is 49.0 Å². The molecule has 2 aliphatic heterocycles. The van der Waals surface area contributed by atoms with Gasteiger partial charge in [-0.05, 0) is 37.1 Å². The monoisotopic (exact) mass is 401 g/mol. The van der Waals surface area contributed by atoms with Crippen LogP contribution in [0.3, 0.4) is 0 Å². The molecule has 21 heavy (non-hydrogen) atoms. The number of nitrogens with one attached hydrogen (secondary N) is 1. The third-order valence-electron chi connectivity index (χ3n) is 3.93. The van der Waals surface area contributed by atoms with Gasteiger partial charge < -0.3 is 15.0 Å². The number of carbonyl (C=O) groups is 1. The van der Waals surface area contributed by atoms with E-state index in [1.54, 1.807) is 0 Å². The van der Waals surface area contributed by atoms with Gasteiger partial charge in [-0.1, -0.05) is 6.07 Å². The summed E-state index contributed by atoms with van der Waals surface area (Å²) in [6, 6.07) is 6.09. The van der Waals surface area contributed by atoms with Crippen LogP contribution < -0.4 is 10.1 Å². The van der Waals surface area contributed by atoms with Crippen LogP contribution in [-0.4, -0.2) is 53.3 Å². The van der Waals surface area contributed by atoms with Gasteiger partial charge in [0.25, 0.3) is 5.91 Å². The Balaban J connectivity index is 1.49. The molecular formula is C15H20IN3O2. The molecule has 0 radical (unpaired) electrons. The number of anilines is 1. The number of hydrogen-bond acceptors (Lipinski definition) is 4. The summed E-state index contributed by atoms with van der Waals surface area (Å²) < 4.78 is 7.72. The van der Waals surface area contributed by atoms with Crippen LogP contribution in [0, 0.1) is 0 Å². The minimum absolute atomic E-state index is 0.0729. The van der Waals surface area contributed by atoms with Crippen molar-refractivity contribution < 1.29 is 9.53 Å². The number of rotatable bonds is 4. The van der Waals surface area contributed by atoms with E-state index in [2.05, 4.69) is 42.3 Å². The number of benzene rings is 1. The molecule has 1 aromatic carbocycles. The zero-order valence-corrected chi connectivity index (χ0v) is 14.1. The molecule has 2 aliphatic rings. The van der Waals surface area contributed by atoms with E-state index in [0.717, 1.165) is 57.0 Å². The molecule has 1 N–H and O–H groups in total. The predicted molar refractivity (Wildman–Crippen MR) is 90.9 cm³/mol. The van der Waals surface area contributed by atoms with E-state index in [1.165, 1.54) is 5.56 Å². The van der Waals surface area contributed by atoms with Gasteiger partial charge in [0.05, 0.1) is 5.69 Å². The normalized spacial score (nSPS) is 19.8. The zero-order chi connectivity index (χ0) is 14.7. The fourth-order valence-corrected chi connectivity index (χ4v) is 3.17. The van der Waals surface area contributed by atoms with E-state index in [4.69, 9.17) is 4.74 Å². The second-order valence-electron chi connectivity index (χ2n) is 5.52. The second kappa shape index (κ2) is 6.93. The Hall–Kier alpha value is -0.860. The highest BCUT2D eigenvalue weighted by atomic mass is 127. The molecule has 1 amide bonds. The van der Waals surface area contributed by atoms with E-state index < -0.39 is 0 Å². The van der Waals surface area contributed by atoms with Gasteiger partial charge in [-0.3, -0.25) is 4.79 Å². The van der Waals surface area contributed by atoms with Crippen molar-refractivity contribution in [3.05, 3.63) is 23.8 Å². The van der Waals surface area contributed by atoms with E-state index in [0.29, 0.717) is 0 Å². The number of aryl methyl sites for hydroxylation is 1. The Bertz CT molecular complexity index is 516. The lowest BCUT2D eigenvalue weighted by Crippen LogP contribution is -2.42. The zero-order valence-electron chi connectivity index (χ0n) is 12.0. The van der Waals surface area contributed by atoms with Crippen molar-refractivity contribution >= 4 is 34.5 Å². The molecule has 0 atom stereocenters. The van der Waals surface area contributed by atoms with E-state index in [9.17, 15) is 4.79 Å². The van der Waals surface area contributed by atoms with E-state index >= 15 is 0 Å². The first-order valence-corrected chi connectivity index (χ1v) is 8.36. The summed E-state index contributed by atoms with van der Waals surface area (Å²) in [7, 11) is 0. The molecule has 2 heterocycles. The van der Waals surface area contributed by atoms with Crippen molar-refractivity contribution in [1.82, 2.24) is 8.01 Å². The van der Waals surface area contributed by atoms with Crippen LogP contribution in [0.2, 0.25) is 0 Å². The van der Waals surface area contributed by atoms with Crippen molar-refractivity contribution in [3.8, 4) is 5.75 Å². The molecule has 1 fully saturated rings. The highest BCUT2D eigenvalue weighted by Crippen LogP contribution is 2.28. The molecule has 3 rings (SSSR count). The van der Waals surface area contributed by atoms with Crippen LogP contribution in [0.5, 0.6) is 5.75 Å². The number of ether oxygens (including phenoxy) is 1. The highest BCUT2D eigenvalue weighted by molar-refractivity contribution is 14.1. The number of amides is 1. The Kier molecular flexibility index (Phi) is 4.97. The summed E-state index contributed by atoms with van der Waals surface area (Å²) in [6.07, 6.45) is 2.18. The Morgan fingerprint density at radius 2 is 2.05 bits per heavy atom. The summed E-state index contributed by atoms with van der Waals surface area (Å²) in [5.41, 5.74) is 2.06. The largest absolute Gasteiger partial charge is 0.482 e. The number of halogens is 1. The Morgan fingerprint density at radius 1 is 1.24 bits per heavy atom. The molecule has 0 aromatic heterocycles. The lowest BCUT2D eigenvalue weighted by molar-refractivity contribution is -0.118. The van der Waals surface area contributed by atoms with Gasteiger partial charge in [-0.25, -0.2) is 3.11 Å². The average molecular weight is 401 g/mol. The molecule has 1 aromatic rings. The van der Waals surface area contributed by atoms with Crippen LogP contribution in [0.15, 0.2) is 18.2 Å². The summed E-state index contributed by atoms with van der Waals surface area (Å²) >= 11 is 2.40. The maximum Gasteiger partial charge on any atom is 0.262 e. The molecule has 0 spiro atoms. The molecule has 0 saturated carbocycles. The van der Waals surface area contributed by atoms with Gasteiger partial charge in [0.2, 0.25) is 0 Å². The van der Waals surface area contributed by atoms with E-state index in [1.807, 2.05) is 12.1 Å². The number of hydrogen-bond donors (Lipinski definition) is 1. The third-order valence-corrected chi connectivity index (χ3v) is 4.90. The summed E-state index contributed by atoms with van der Waals surface area (Å²) in [6.45, 7) is 5.90. The fraction of sp³-hybridized carbons (Fsp3) is 0.533. The van der Waals surface area contributed by atoms with Crippen molar-refractivity contribution in [2.75, 3.05) is 44.6 Å². The van der Waals surface area contributed by atoms with Gasteiger partial charge in [0.15, 0.2) is 6.61 Å². The third kappa shape index (κ3) is 4.08. The van der Waals surface area contributed by atoms with Crippen LogP contribution in [0.25, 0.3) is 0 Å². The van der Waals surface area contributed by atoms with Gasteiger partial charge in [-0.2, -0.15) is 0 Å². The highest BCUT2D eigenvalue weighted by Gasteiger charge is 2.16. The average Bonchev–Trinajstić information content (AvgIpc) is 2.49. The molecule has 0 aliphatic carbocycles. The van der Waals surface area contributed by atoms with Crippen molar-refractivity contribution in [2.45, 2.75) is 12.8 Å². The van der Waals surface area contributed by atoms with Gasteiger partial charge >= 0.3 is 0 Å². The topological polar surface area (TPSA) is 44.8 Å². The Labute approximate surface area is 139 Å². The first-order chi connectivity index (χ1) is 10.2. The van der Waals surface area contributed by atoms with Crippen molar-refractivity contribution in [1.29, 1.82) is 0 Å². The van der Waals surface area contributed by atoms with Crippen molar-refractivity contribution in [3.63, 3.8) is 0 Å². The van der Waals surface area contributed by atoms with Crippen LogP contribution in [0.4, 0.5) is 5.69 Å². The number of piperazine rings is 1. The van der Waals surface area contributed by atoms with Crippen LogP contribution in [-0.2, 0) is 11.2 Å². The summed E-state index contributed by atoms with van der Waals surface area (Å²) in [4.78, 5) is 13.9. The maximum atomic E-state index is 11.3. The minimum Gasteiger partial charge on any atom is -0.482 e. The van der Waals surface area contributed by atoms with Crippen molar-refractivity contribution in [2.24, 2.45) is 0 Å². The number of nitrogens with zero attached hydrogens (tertiary/aromatic N) is 2. The first-order valence-electron chi connectivity index (χ1n) is 7.39. The second-order valence-corrected chi connectivity index (χ2v) is 6.89. The number of fused-ring (bicyclic) bond motifs is 1. The lowest BCUT2D eigenvalue weighted by Gasteiger charge is -2.31. The molecule has 0 bridgehead atoms. The molecule has 5 nitrogen and oxygen atoms in total. The fourth-order valence-electron chi connectivity index (χ4n) is 2.74. The molecule has 1 saturated heterocycles. The quantitative estimate of drug-likeness (QED) is 0.619. The van der Waals surface area contributed by atoms with Gasteiger partial charge in [0.1, 0.15) is 5.75 Å². The molecule has 6 heteroatoms. The molecular weight excluding hydrogens is 381 g/mol. The summed E-state index contributed by atoms with van der Waals surface area (Å²) in [5, 5.41) is 2.86. The lowest BCUT2D eigenvalue weighted by atomic mass is 10.1. The molecule has 0 unspecified atom stereocenters. The molecule has 114 valence electrons. The maximum absolute atomic E-state index is 11.3.